The van der Waals surface area contributed by atoms with Crippen LogP contribution in [-0.4, -0.2) is 16.5 Å². The predicted octanol–water partition coefficient (Wildman–Crippen LogP) is 2.82. The molecule has 2 nitrogen and oxygen atoms in total. The van der Waals surface area contributed by atoms with Gasteiger partial charge in [-0.15, -0.1) is 0 Å². The van der Waals surface area contributed by atoms with Crippen LogP contribution >= 0.6 is 11.8 Å². The number of hydrogen-bond acceptors (Lipinski definition) is 3. The van der Waals surface area contributed by atoms with Gasteiger partial charge in [0.15, 0.2) is 0 Å². The lowest BCUT2D eigenvalue weighted by atomic mass is 10.0. The van der Waals surface area contributed by atoms with Crippen LogP contribution in [0.4, 0.5) is 0 Å². The summed E-state index contributed by atoms with van der Waals surface area (Å²) in [7, 11) is 0. The maximum absolute atomic E-state index is 5.46. The fraction of sp³-hybridized carbons (Fsp3) is 0.636. The first-order valence-electron chi connectivity index (χ1n) is 5.01. The van der Waals surface area contributed by atoms with Gasteiger partial charge in [0.25, 0.3) is 0 Å². The summed E-state index contributed by atoms with van der Waals surface area (Å²) in [6.07, 6.45) is 1.75. The first-order valence-corrected chi connectivity index (χ1v) is 6.06. The van der Waals surface area contributed by atoms with Gasteiger partial charge in [0, 0.05) is 16.5 Å². The standard InChI is InChI=1S/C11H17NOS/c1-8-10(9-5-4-6-13-9)12-11(2,3)7-14-8/h4-6,8,10,12H,7H2,1-3H3. The highest BCUT2D eigenvalue weighted by Gasteiger charge is 2.34. The molecular formula is C11H17NOS. The zero-order chi connectivity index (χ0) is 10.2. The number of nitrogens with one attached hydrogen (secondary N) is 1. The molecule has 0 bridgehead atoms. The van der Waals surface area contributed by atoms with E-state index in [1.54, 1.807) is 6.26 Å². The summed E-state index contributed by atoms with van der Waals surface area (Å²) >= 11 is 2.01. The van der Waals surface area contributed by atoms with Crippen LogP contribution in [-0.2, 0) is 0 Å². The molecule has 0 radical (unpaired) electrons. The Morgan fingerprint density at radius 2 is 2.36 bits per heavy atom. The fourth-order valence-corrected chi connectivity index (χ4v) is 2.94. The van der Waals surface area contributed by atoms with E-state index < -0.39 is 0 Å². The minimum Gasteiger partial charge on any atom is -0.468 e. The number of hydrogen-bond donors (Lipinski definition) is 1. The Balaban J connectivity index is 2.17. The average molecular weight is 211 g/mol. The molecule has 2 unspecified atom stereocenters. The summed E-state index contributed by atoms with van der Waals surface area (Å²) in [5.74, 6) is 2.21. The predicted molar refractivity (Wildman–Crippen MR) is 60.6 cm³/mol. The van der Waals surface area contributed by atoms with Crippen molar-refractivity contribution in [2.24, 2.45) is 0 Å². The lowest BCUT2D eigenvalue weighted by molar-refractivity contribution is 0.314. The van der Waals surface area contributed by atoms with E-state index in [9.17, 15) is 0 Å². The van der Waals surface area contributed by atoms with E-state index in [2.05, 4.69) is 32.2 Å². The SMILES string of the molecule is CC1SCC(C)(C)NC1c1ccco1. The van der Waals surface area contributed by atoms with Crippen LogP contribution in [0.2, 0.25) is 0 Å². The molecule has 2 heterocycles. The Morgan fingerprint density at radius 1 is 1.57 bits per heavy atom. The van der Waals surface area contributed by atoms with Crippen LogP contribution in [0.5, 0.6) is 0 Å². The molecule has 14 heavy (non-hydrogen) atoms. The minimum absolute atomic E-state index is 0.203. The highest BCUT2D eigenvalue weighted by molar-refractivity contribution is 8.00. The zero-order valence-corrected chi connectivity index (χ0v) is 9.73. The highest BCUT2D eigenvalue weighted by atomic mass is 32.2. The van der Waals surface area contributed by atoms with Gasteiger partial charge >= 0.3 is 0 Å². The average Bonchev–Trinajstić information content (AvgIpc) is 2.62. The van der Waals surface area contributed by atoms with Gasteiger partial charge in [0.1, 0.15) is 5.76 Å². The largest absolute Gasteiger partial charge is 0.468 e. The molecule has 1 aliphatic heterocycles. The van der Waals surface area contributed by atoms with E-state index in [-0.39, 0.29) is 5.54 Å². The maximum atomic E-state index is 5.46. The van der Waals surface area contributed by atoms with Gasteiger partial charge in [-0.25, -0.2) is 0 Å². The van der Waals surface area contributed by atoms with Crippen LogP contribution in [0.25, 0.3) is 0 Å². The lowest BCUT2D eigenvalue weighted by Crippen LogP contribution is -2.50. The quantitative estimate of drug-likeness (QED) is 0.773. The lowest BCUT2D eigenvalue weighted by Gasteiger charge is -2.39. The van der Waals surface area contributed by atoms with Gasteiger partial charge in [0.2, 0.25) is 0 Å². The smallest absolute Gasteiger partial charge is 0.121 e. The summed E-state index contributed by atoms with van der Waals surface area (Å²) in [4.78, 5) is 0. The van der Waals surface area contributed by atoms with E-state index in [1.807, 2.05) is 17.8 Å². The number of rotatable bonds is 1. The molecule has 1 fully saturated rings. The molecule has 1 saturated heterocycles. The Hall–Kier alpha value is -0.410. The van der Waals surface area contributed by atoms with Crippen molar-refractivity contribution >= 4 is 11.8 Å². The van der Waals surface area contributed by atoms with Crippen molar-refractivity contribution in [2.45, 2.75) is 37.6 Å². The van der Waals surface area contributed by atoms with Crippen LogP contribution in [0, 0.1) is 0 Å². The molecule has 1 aromatic rings. The number of furan rings is 1. The van der Waals surface area contributed by atoms with E-state index in [0.717, 1.165) is 11.5 Å². The Morgan fingerprint density at radius 3 is 3.00 bits per heavy atom. The van der Waals surface area contributed by atoms with E-state index in [0.29, 0.717) is 11.3 Å². The molecule has 1 N–H and O–H groups in total. The van der Waals surface area contributed by atoms with E-state index >= 15 is 0 Å². The second-order valence-electron chi connectivity index (χ2n) is 4.54. The van der Waals surface area contributed by atoms with Crippen molar-refractivity contribution in [1.82, 2.24) is 5.32 Å². The second kappa shape index (κ2) is 3.63. The van der Waals surface area contributed by atoms with Gasteiger partial charge in [0.05, 0.1) is 12.3 Å². The third-order valence-corrected chi connectivity index (χ3v) is 4.26. The van der Waals surface area contributed by atoms with Crippen LogP contribution in [0.15, 0.2) is 22.8 Å². The Bertz CT molecular complexity index is 294. The molecule has 1 aliphatic rings. The van der Waals surface area contributed by atoms with Crippen molar-refractivity contribution in [3.8, 4) is 0 Å². The third-order valence-electron chi connectivity index (χ3n) is 2.57. The maximum Gasteiger partial charge on any atom is 0.121 e. The number of thioether (sulfide) groups is 1. The van der Waals surface area contributed by atoms with Gasteiger partial charge in [-0.3, -0.25) is 0 Å². The summed E-state index contributed by atoms with van der Waals surface area (Å²) < 4.78 is 5.46. The van der Waals surface area contributed by atoms with E-state index in [1.165, 1.54) is 0 Å². The van der Waals surface area contributed by atoms with Gasteiger partial charge < -0.3 is 9.73 Å². The summed E-state index contributed by atoms with van der Waals surface area (Å²) in [5.41, 5.74) is 0.203. The second-order valence-corrected chi connectivity index (χ2v) is 5.90. The molecular weight excluding hydrogens is 194 g/mol. The van der Waals surface area contributed by atoms with Crippen molar-refractivity contribution < 1.29 is 4.42 Å². The van der Waals surface area contributed by atoms with Crippen LogP contribution < -0.4 is 5.32 Å². The fourth-order valence-electron chi connectivity index (χ4n) is 1.79. The van der Waals surface area contributed by atoms with Crippen LogP contribution in [0.1, 0.15) is 32.6 Å². The van der Waals surface area contributed by atoms with E-state index in [4.69, 9.17) is 4.42 Å². The molecule has 2 rings (SSSR count). The van der Waals surface area contributed by atoms with Crippen molar-refractivity contribution in [3.05, 3.63) is 24.2 Å². The van der Waals surface area contributed by atoms with Crippen molar-refractivity contribution in [2.75, 3.05) is 5.75 Å². The molecule has 1 aromatic heterocycles. The molecule has 2 atom stereocenters. The molecule has 3 heteroatoms. The van der Waals surface area contributed by atoms with Gasteiger partial charge in [-0.2, -0.15) is 11.8 Å². The molecule has 0 aliphatic carbocycles. The van der Waals surface area contributed by atoms with Crippen molar-refractivity contribution in [1.29, 1.82) is 0 Å². The first-order chi connectivity index (χ1) is 6.58. The zero-order valence-electron chi connectivity index (χ0n) is 8.91. The Kier molecular flexibility index (Phi) is 2.62. The Labute approximate surface area is 89.4 Å². The highest BCUT2D eigenvalue weighted by Crippen LogP contribution is 2.35. The molecule has 0 spiro atoms. The summed E-state index contributed by atoms with van der Waals surface area (Å²) in [6.45, 7) is 6.73. The molecule has 0 saturated carbocycles. The summed E-state index contributed by atoms with van der Waals surface area (Å²) in [6, 6.07) is 4.35. The molecule has 0 aromatic carbocycles. The van der Waals surface area contributed by atoms with Gasteiger partial charge in [-0.05, 0) is 26.0 Å². The minimum atomic E-state index is 0.203. The molecule has 78 valence electrons. The normalized spacial score (nSPS) is 31.6. The van der Waals surface area contributed by atoms with Crippen molar-refractivity contribution in [3.63, 3.8) is 0 Å². The topological polar surface area (TPSA) is 25.2 Å². The molecule has 0 amide bonds. The van der Waals surface area contributed by atoms with Gasteiger partial charge in [-0.1, -0.05) is 6.92 Å². The first kappa shape index (κ1) is 10.1. The van der Waals surface area contributed by atoms with Crippen LogP contribution in [0.3, 0.4) is 0 Å². The monoisotopic (exact) mass is 211 g/mol. The third kappa shape index (κ3) is 1.98. The summed E-state index contributed by atoms with van der Waals surface area (Å²) in [5, 5.41) is 4.21.